The van der Waals surface area contributed by atoms with E-state index in [2.05, 4.69) is 15.3 Å². The summed E-state index contributed by atoms with van der Waals surface area (Å²) in [4.78, 5) is 19.9. The number of aromatic nitrogens is 2. The van der Waals surface area contributed by atoms with Gasteiger partial charge in [-0.1, -0.05) is 11.6 Å². The molecule has 0 fully saturated rings. The number of halogens is 1. The van der Waals surface area contributed by atoms with E-state index in [0.717, 1.165) is 0 Å². The molecule has 2 heterocycles. The molecule has 0 saturated heterocycles. The first-order valence-electron chi connectivity index (χ1n) is 5.38. The number of hydrogen-bond donors (Lipinski definition) is 1. The van der Waals surface area contributed by atoms with Gasteiger partial charge in [0, 0.05) is 11.3 Å². The zero-order valence-electron chi connectivity index (χ0n) is 10.0. The van der Waals surface area contributed by atoms with Crippen molar-refractivity contribution in [2.24, 2.45) is 0 Å². The number of nitrogens with zero attached hydrogens (tertiary/aromatic N) is 2. The topological polar surface area (TPSA) is 68.0 Å². The van der Waals surface area contributed by atoms with Crippen molar-refractivity contribution in [3.8, 4) is 0 Å². The fourth-order valence-electron chi connectivity index (χ4n) is 1.50. The highest BCUT2D eigenvalue weighted by atomic mass is 35.5. The molecule has 5 nitrogen and oxygen atoms in total. The van der Waals surface area contributed by atoms with Crippen LogP contribution in [0.25, 0.3) is 0 Å². The summed E-state index contributed by atoms with van der Waals surface area (Å²) in [5, 5.41) is 3.00. The average Bonchev–Trinajstić information content (AvgIpc) is 2.70. The molecule has 0 aliphatic rings. The first-order chi connectivity index (χ1) is 8.54. The Kier molecular flexibility index (Phi) is 3.62. The van der Waals surface area contributed by atoms with Gasteiger partial charge >= 0.3 is 0 Å². The van der Waals surface area contributed by atoms with Gasteiger partial charge in [0.05, 0.1) is 12.7 Å². The first kappa shape index (κ1) is 12.6. The monoisotopic (exact) mass is 265 g/mol. The molecule has 0 aliphatic carbocycles. The lowest BCUT2D eigenvalue weighted by Crippen LogP contribution is -2.23. The number of pyridine rings is 1. The number of aryl methyl sites for hydroxylation is 2. The molecule has 0 aliphatic heterocycles. The Morgan fingerprint density at radius 3 is 2.83 bits per heavy atom. The molecular weight excluding hydrogens is 254 g/mol. The molecule has 0 saturated carbocycles. The molecule has 1 amide bonds. The molecule has 1 N–H and O–H groups in total. The number of carbonyl (C=O) groups is 1. The van der Waals surface area contributed by atoms with Crippen molar-refractivity contribution in [1.82, 2.24) is 15.3 Å². The number of rotatable bonds is 3. The fraction of sp³-hybridized carbons (Fsp3) is 0.250. The van der Waals surface area contributed by atoms with E-state index in [0.29, 0.717) is 28.1 Å². The van der Waals surface area contributed by atoms with Crippen LogP contribution in [0.4, 0.5) is 0 Å². The second kappa shape index (κ2) is 5.18. The smallest absolute Gasteiger partial charge is 0.251 e. The minimum atomic E-state index is -0.238. The summed E-state index contributed by atoms with van der Waals surface area (Å²) >= 11 is 5.79. The summed E-state index contributed by atoms with van der Waals surface area (Å²) in [5.74, 6) is 0.943. The van der Waals surface area contributed by atoms with Crippen molar-refractivity contribution in [2.75, 3.05) is 0 Å². The van der Waals surface area contributed by atoms with E-state index in [1.165, 1.54) is 6.07 Å². The molecule has 2 aromatic rings. The standard InChI is InChI=1S/C12H12ClN3O2/c1-7-3-9(4-10(13)16-7)12(17)15-6-11-14-5-8(2)18-11/h3-5H,6H2,1-2H3,(H,15,17). The van der Waals surface area contributed by atoms with E-state index in [1.807, 2.05) is 0 Å². The van der Waals surface area contributed by atoms with Crippen molar-refractivity contribution >= 4 is 17.5 Å². The Hall–Kier alpha value is -1.88. The zero-order valence-corrected chi connectivity index (χ0v) is 10.8. The van der Waals surface area contributed by atoms with Gasteiger partial charge in [0.1, 0.15) is 10.9 Å². The average molecular weight is 266 g/mol. The van der Waals surface area contributed by atoms with Crippen LogP contribution in [0.2, 0.25) is 5.15 Å². The Morgan fingerprint density at radius 2 is 2.22 bits per heavy atom. The maximum atomic E-state index is 11.9. The Bertz CT molecular complexity index is 560. The summed E-state index contributed by atoms with van der Waals surface area (Å²) in [6, 6.07) is 3.19. The summed E-state index contributed by atoms with van der Waals surface area (Å²) in [7, 11) is 0. The molecule has 0 radical (unpaired) electrons. The lowest BCUT2D eigenvalue weighted by Gasteiger charge is -2.04. The molecule has 94 valence electrons. The van der Waals surface area contributed by atoms with Crippen LogP contribution in [0.15, 0.2) is 22.7 Å². The summed E-state index contributed by atoms with van der Waals surface area (Å²) in [6.07, 6.45) is 1.61. The second-order valence-electron chi connectivity index (χ2n) is 3.87. The highest BCUT2D eigenvalue weighted by Gasteiger charge is 2.09. The van der Waals surface area contributed by atoms with Crippen LogP contribution in [0.5, 0.6) is 0 Å². The van der Waals surface area contributed by atoms with Gasteiger partial charge in [0.2, 0.25) is 5.89 Å². The maximum absolute atomic E-state index is 11.9. The number of carbonyl (C=O) groups excluding carboxylic acids is 1. The van der Waals surface area contributed by atoms with Crippen LogP contribution in [0.3, 0.4) is 0 Å². The SMILES string of the molecule is Cc1cc(C(=O)NCc2ncc(C)o2)cc(Cl)n1. The van der Waals surface area contributed by atoms with E-state index in [4.69, 9.17) is 16.0 Å². The minimum Gasteiger partial charge on any atom is -0.444 e. The third-order valence-corrected chi connectivity index (χ3v) is 2.45. The molecule has 6 heteroatoms. The molecular formula is C12H12ClN3O2. The Labute approximate surface area is 109 Å². The third-order valence-electron chi connectivity index (χ3n) is 2.25. The first-order valence-corrected chi connectivity index (χ1v) is 5.76. The Balaban J connectivity index is 2.03. The molecule has 0 bridgehead atoms. The minimum absolute atomic E-state index is 0.238. The quantitative estimate of drug-likeness (QED) is 0.865. The molecule has 0 spiro atoms. The van der Waals surface area contributed by atoms with Crippen LogP contribution in [0.1, 0.15) is 27.7 Å². The highest BCUT2D eigenvalue weighted by Crippen LogP contribution is 2.10. The number of hydrogen-bond acceptors (Lipinski definition) is 4. The molecule has 0 atom stereocenters. The Morgan fingerprint density at radius 1 is 1.44 bits per heavy atom. The van der Waals surface area contributed by atoms with Crippen LogP contribution in [-0.2, 0) is 6.54 Å². The van der Waals surface area contributed by atoms with Gasteiger partial charge in [0.25, 0.3) is 5.91 Å². The fourth-order valence-corrected chi connectivity index (χ4v) is 1.75. The number of oxazole rings is 1. The van der Waals surface area contributed by atoms with Crippen LogP contribution < -0.4 is 5.32 Å². The van der Waals surface area contributed by atoms with Crippen LogP contribution >= 0.6 is 11.6 Å². The van der Waals surface area contributed by atoms with Crippen LogP contribution in [0, 0.1) is 13.8 Å². The normalized spacial score (nSPS) is 10.4. The molecule has 18 heavy (non-hydrogen) atoms. The van der Waals surface area contributed by atoms with Crippen molar-refractivity contribution in [1.29, 1.82) is 0 Å². The van der Waals surface area contributed by atoms with Gasteiger partial charge in [-0.2, -0.15) is 0 Å². The van der Waals surface area contributed by atoms with Gasteiger partial charge in [-0.3, -0.25) is 4.79 Å². The van der Waals surface area contributed by atoms with Crippen molar-refractivity contribution < 1.29 is 9.21 Å². The second-order valence-corrected chi connectivity index (χ2v) is 4.25. The van der Waals surface area contributed by atoms with E-state index in [9.17, 15) is 4.79 Å². The summed E-state index contributed by atoms with van der Waals surface area (Å²) in [6.45, 7) is 3.82. The predicted octanol–water partition coefficient (Wildman–Crippen LogP) is 2.27. The van der Waals surface area contributed by atoms with Gasteiger partial charge in [-0.05, 0) is 26.0 Å². The van der Waals surface area contributed by atoms with E-state index >= 15 is 0 Å². The van der Waals surface area contributed by atoms with E-state index < -0.39 is 0 Å². The van der Waals surface area contributed by atoms with Gasteiger partial charge < -0.3 is 9.73 Å². The lowest BCUT2D eigenvalue weighted by atomic mass is 10.2. The van der Waals surface area contributed by atoms with Crippen molar-refractivity contribution in [3.63, 3.8) is 0 Å². The van der Waals surface area contributed by atoms with Gasteiger partial charge in [0.15, 0.2) is 0 Å². The maximum Gasteiger partial charge on any atom is 0.251 e. The van der Waals surface area contributed by atoms with Gasteiger partial charge in [-0.15, -0.1) is 0 Å². The number of nitrogens with one attached hydrogen (secondary N) is 1. The van der Waals surface area contributed by atoms with Crippen LogP contribution in [-0.4, -0.2) is 15.9 Å². The third kappa shape index (κ3) is 3.07. The van der Waals surface area contributed by atoms with Crippen molar-refractivity contribution in [3.05, 3.63) is 46.4 Å². The number of amides is 1. The van der Waals surface area contributed by atoms with Gasteiger partial charge in [-0.25, -0.2) is 9.97 Å². The summed E-state index contributed by atoms with van der Waals surface area (Å²) < 4.78 is 5.25. The molecule has 2 aromatic heterocycles. The van der Waals surface area contributed by atoms with E-state index in [1.54, 1.807) is 26.1 Å². The predicted molar refractivity (Wildman–Crippen MR) is 66.4 cm³/mol. The molecule has 0 aromatic carbocycles. The lowest BCUT2D eigenvalue weighted by molar-refractivity contribution is 0.0947. The molecule has 2 rings (SSSR count). The zero-order chi connectivity index (χ0) is 13.1. The highest BCUT2D eigenvalue weighted by molar-refractivity contribution is 6.29. The largest absolute Gasteiger partial charge is 0.444 e. The molecule has 0 unspecified atom stereocenters. The van der Waals surface area contributed by atoms with E-state index in [-0.39, 0.29) is 12.5 Å². The van der Waals surface area contributed by atoms with Crippen molar-refractivity contribution in [2.45, 2.75) is 20.4 Å². The summed E-state index contributed by atoms with van der Waals surface area (Å²) in [5.41, 5.74) is 1.16.